The van der Waals surface area contributed by atoms with Crippen LogP contribution in [0.2, 0.25) is 10.0 Å². The number of halogens is 5. The molecule has 2 aliphatic rings. The van der Waals surface area contributed by atoms with E-state index in [1.165, 1.54) is 57.1 Å². The number of hydrogen-bond donors (Lipinski definition) is 1. The predicted octanol–water partition coefficient (Wildman–Crippen LogP) is 5.50. The highest BCUT2D eigenvalue weighted by Crippen LogP contribution is 2.49. The molecule has 0 aliphatic carbocycles. The lowest BCUT2D eigenvalue weighted by molar-refractivity contribution is -0.192. The summed E-state index contributed by atoms with van der Waals surface area (Å²) in [5, 5.41) is 17.5. The highest BCUT2D eigenvalue weighted by Gasteiger charge is 2.48. The first-order chi connectivity index (χ1) is 24.9. The van der Waals surface area contributed by atoms with Crippen molar-refractivity contribution in [2.75, 3.05) is 30.5 Å². The zero-order chi connectivity index (χ0) is 38.8. The Morgan fingerprint density at radius 2 is 1.34 bits per heavy atom. The summed E-state index contributed by atoms with van der Waals surface area (Å²) in [5.74, 6) is -3.31. The monoisotopic (exact) mass is 789 g/mol. The molecule has 53 heavy (non-hydrogen) atoms. The van der Waals surface area contributed by atoms with Gasteiger partial charge in [-0.2, -0.15) is 18.4 Å². The highest BCUT2D eigenvalue weighted by atomic mass is 35.5. The molecular formula is C35H28Cl2F3N5O7S. The fraction of sp³-hybridized carbons (Fsp3) is 0.229. The Hall–Kier alpha value is -5.37. The molecular weight excluding hydrogens is 762 g/mol. The van der Waals surface area contributed by atoms with Gasteiger partial charge in [-0.3, -0.25) is 19.0 Å². The zero-order valence-electron chi connectivity index (χ0n) is 27.5. The van der Waals surface area contributed by atoms with Gasteiger partial charge in [0.2, 0.25) is 5.91 Å². The van der Waals surface area contributed by atoms with Gasteiger partial charge in [-0.05, 0) is 65.7 Å². The highest BCUT2D eigenvalue weighted by molar-refractivity contribution is 7.92. The summed E-state index contributed by atoms with van der Waals surface area (Å²) in [6, 6.07) is 21.9. The molecule has 1 fully saturated rings. The van der Waals surface area contributed by atoms with E-state index in [0.29, 0.717) is 34.3 Å². The molecule has 0 radical (unpaired) electrons. The Labute approximate surface area is 310 Å². The smallest absolute Gasteiger partial charge is 0.475 e. The average Bonchev–Trinajstić information content (AvgIpc) is 3.49. The minimum atomic E-state index is -5.08. The third-order valence-corrected chi connectivity index (χ3v) is 10.9. The first kappa shape index (κ1) is 38.9. The van der Waals surface area contributed by atoms with E-state index in [9.17, 15) is 41.2 Å². The number of alkyl halides is 3. The summed E-state index contributed by atoms with van der Waals surface area (Å²) in [4.78, 5) is 51.9. The van der Waals surface area contributed by atoms with E-state index < -0.39 is 45.7 Å². The molecule has 0 bridgehead atoms. The molecule has 2 aliphatic heterocycles. The summed E-state index contributed by atoms with van der Waals surface area (Å²) < 4.78 is 63.4. The maximum Gasteiger partial charge on any atom is 0.490 e. The Bertz CT molecular complexity index is 2270. The van der Waals surface area contributed by atoms with E-state index in [-0.39, 0.29) is 40.8 Å². The quantitative estimate of drug-likeness (QED) is 0.277. The number of nitriles is 1. The third kappa shape index (κ3) is 8.02. The van der Waals surface area contributed by atoms with Crippen LogP contribution in [0.4, 0.5) is 19.0 Å². The fourth-order valence-electron chi connectivity index (χ4n) is 6.04. The minimum absolute atomic E-state index is 0.0465. The Kier molecular flexibility index (Phi) is 11.2. The number of hydrogen-bond acceptors (Lipinski definition) is 7. The van der Waals surface area contributed by atoms with Crippen LogP contribution in [0.25, 0.3) is 0 Å². The molecule has 6 rings (SSSR count). The molecule has 2 atom stereocenters. The standard InChI is InChI=1S/C33H27Cl2N5O5S.C2HF3O2/c1-21(41)37-15-17-38(18-16-37)32(42)28-13-14-29-39(33(28)43)30(23-5-9-25(34)10-6-23)31(24-7-11-26(35)12-8-24)40(29)46(44,45)27-4-2-3-22(19-27)20-36;3-2(4,5)1(6)7/h2-14,19,30-31H,15-18H2,1H3;(H,6,7)/t30-,31+;/m0./s1. The molecule has 2 amide bonds. The van der Waals surface area contributed by atoms with Gasteiger partial charge in [-0.1, -0.05) is 53.5 Å². The number of aliphatic carboxylic acids is 1. The van der Waals surface area contributed by atoms with Crippen molar-refractivity contribution in [2.24, 2.45) is 0 Å². The van der Waals surface area contributed by atoms with Crippen molar-refractivity contribution in [3.8, 4) is 6.07 Å². The van der Waals surface area contributed by atoms with Crippen molar-refractivity contribution >= 4 is 56.8 Å². The Morgan fingerprint density at radius 3 is 1.83 bits per heavy atom. The fourth-order valence-corrected chi connectivity index (χ4v) is 7.98. The van der Waals surface area contributed by atoms with E-state index in [1.807, 2.05) is 6.07 Å². The zero-order valence-corrected chi connectivity index (χ0v) is 29.8. The number of carbonyl (C=O) groups is 3. The number of anilines is 1. The van der Waals surface area contributed by atoms with Crippen LogP contribution >= 0.6 is 23.2 Å². The number of carbonyl (C=O) groups excluding carboxylic acids is 2. The molecule has 1 aromatic heterocycles. The lowest BCUT2D eigenvalue weighted by atomic mass is 9.94. The molecule has 3 heterocycles. The predicted molar refractivity (Wildman–Crippen MR) is 187 cm³/mol. The number of fused-ring (bicyclic) bond motifs is 1. The summed E-state index contributed by atoms with van der Waals surface area (Å²) >= 11 is 12.4. The van der Waals surface area contributed by atoms with Crippen LogP contribution in [0.5, 0.6) is 0 Å². The molecule has 0 unspecified atom stereocenters. The third-order valence-electron chi connectivity index (χ3n) is 8.58. The molecule has 0 spiro atoms. The van der Waals surface area contributed by atoms with Gasteiger partial charge in [0.1, 0.15) is 11.4 Å². The maximum absolute atomic E-state index is 14.6. The van der Waals surface area contributed by atoms with E-state index in [2.05, 4.69) is 0 Å². The topological polar surface area (TPSA) is 161 Å². The van der Waals surface area contributed by atoms with E-state index in [0.717, 1.165) is 0 Å². The average molecular weight is 791 g/mol. The van der Waals surface area contributed by atoms with Crippen molar-refractivity contribution in [3.63, 3.8) is 0 Å². The van der Waals surface area contributed by atoms with Crippen LogP contribution in [0.15, 0.2) is 94.6 Å². The number of piperazine rings is 1. The molecule has 12 nitrogen and oxygen atoms in total. The molecule has 0 saturated carbocycles. The SMILES string of the molecule is CC(=O)N1CCN(C(=O)c2ccc3n(c2=O)[C@@H](c2ccc(Cl)cc2)[C@@H](c2ccc(Cl)cc2)N3S(=O)(=O)c2cccc(C#N)c2)CC1.O=C(O)C(F)(F)F. The van der Waals surface area contributed by atoms with Gasteiger partial charge >= 0.3 is 12.1 Å². The number of carboxylic acid groups (broad SMARTS) is 1. The Morgan fingerprint density at radius 1 is 0.830 bits per heavy atom. The van der Waals surface area contributed by atoms with Crippen molar-refractivity contribution in [1.29, 1.82) is 5.26 Å². The second-order valence-corrected chi connectivity index (χ2v) is 14.5. The summed E-state index contributed by atoms with van der Waals surface area (Å²) in [5.41, 5.74) is 0.482. The molecule has 4 aromatic rings. The normalized spacial score (nSPS) is 17.0. The maximum atomic E-state index is 14.6. The van der Waals surface area contributed by atoms with Crippen LogP contribution in [0, 0.1) is 11.3 Å². The molecule has 18 heteroatoms. The van der Waals surface area contributed by atoms with Crippen LogP contribution in [-0.2, 0) is 19.6 Å². The van der Waals surface area contributed by atoms with E-state index in [4.69, 9.17) is 33.1 Å². The van der Waals surface area contributed by atoms with Crippen molar-refractivity contribution in [1.82, 2.24) is 14.4 Å². The summed E-state index contributed by atoms with van der Waals surface area (Å²) in [7, 11) is -4.40. The largest absolute Gasteiger partial charge is 0.490 e. The number of pyridine rings is 1. The second-order valence-electron chi connectivity index (χ2n) is 11.8. The van der Waals surface area contributed by atoms with Gasteiger partial charge in [0, 0.05) is 43.1 Å². The first-order valence-corrected chi connectivity index (χ1v) is 17.8. The van der Waals surface area contributed by atoms with Gasteiger partial charge in [0.15, 0.2) is 0 Å². The number of sulfonamides is 1. The van der Waals surface area contributed by atoms with Gasteiger partial charge in [-0.15, -0.1) is 0 Å². The lowest BCUT2D eigenvalue weighted by Gasteiger charge is -2.34. The molecule has 3 aromatic carbocycles. The van der Waals surface area contributed by atoms with Gasteiger partial charge in [0.25, 0.3) is 21.5 Å². The first-order valence-electron chi connectivity index (χ1n) is 15.6. The number of carboxylic acids is 1. The van der Waals surface area contributed by atoms with Crippen molar-refractivity contribution in [2.45, 2.75) is 30.1 Å². The number of benzene rings is 3. The summed E-state index contributed by atoms with van der Waals surface area (Å²) in [6.45, 7) is 2.65. The van der Waals surface area contributed by atoms with Crippen LogP contribution in [-0.4, -0.2) is 78.0 Å². The number of nitrogens with zero attached hydrogens (tertiary/aromatic N) is 5. The summed E-state index contributed by atoms with van der Waals surface area (Å²) in [6.07, 6.45) is -5.08. The van der Waals surface area contributed by atoms with Crippen LogP contribution in [0.3, 0.4) is 0 Å². The van der Waals surface area contributed by atoms with Gasteiger partial charge < -0.3 is 14.9 Å². The Balaban J connectivity index is 0.000000705. The lowest BCUT2D eigenvalue weighted by Crippen LogP contribution is -2.51. The minimum Gasteiger partial charge on any atom is -0.475 e. The van der Waals surface area contributed by atoms with Crippen molar-refractivity contribution in [3.05, 3.63) is 128 Å². The van der Waals surface area contributed by atoms with Crippen LogP contribution < -0.4 is 9.86 Å². The number of aromatic nitrogens is 1. The molecule has 276 valence electrons. The van der Waals surface area contributed by atoms with E-state index >= 15 is 0 Å². The molecule has 1 saturated heterocycles. The van der Waals surface area contributed by atoms with Gasteiger partial charge in [-0.25, -0.2) is 17.5 Å². The van der Waals surface area contributed by atoms with Gasteiger partial charge in [0.05, 0.1) is 28.6 Å². The second kappa shape index (κ2) is 15.3. The van der Waals surface area contributed by atoms with Crippen molar-refractivity contribution < 1.29 is 41.1 Å². The van der Waals surface area contributed by atoms with E-state index in [1.54, 1.807) is 53.4 Å². The number of rotatable bonds is 5. The van der Waals surface area contributed by atoms with Crippen LogP contribution in [0.1, 0.15) is 46.1 Å². The number of amides is 2. The molecule has 1 N–H and O–H groups in total.